The Hall–Kier alpha value is -3.24. The van der Waals surface area contributed by atoms with Gasteiger partial charge in [0.25, 0.3) is 0 Å². The van der Waals surface area contributed by atoms with E-state index in [0.29, 0.717) is 62.7 Å². The van der Waals surface area contributed by atoms with Crippen molar-refractivity contribution in [3.63, 3.8) is 0 Å². The molecular formula is C31H35F4N4O2PS. The van der Waals surface area contributed by atoms with Gasteiger partial charge in [0.1, 0.15) is 25.1 Å². The van der Waals surface area contributed by atoms with E-state index in [0.717, 1.165) is 17.9 Å². The minimum atomic E-state index is -4.44. The van der Waals surface area contributed by atoms with Crippen LogP contribution < -0.4 is 20.7 Å². The first kappa shape index (κ1) is 32.7. The molecule has 1 aromatic heterocycles. The molecule has 2 aromatic carbocycles. The molecule has 0 radical (unpaired) electrons. The maximum atomic E-state index is 14.7. The van der Waals surface area contributed by atoms with Gasteiger partial charge in [0, 0.05) is 30.7 Å². The van der Waals surface area contributed by atoms with Crippen molar-refractivity contribution in [3.8, 4) is 23.7 Å². The third kappa shape index (κ3) is 8.03. The van der Waals surface area contributed by atoms with E-state index in [-0.39, 0.29) is 18.7 Å². The van der Waals surface area contributed by atoms with E-state index in [1.54, 1.807) is 36.4 Å². The third-order valence-electron chi connectivity index (χ3n) is 7.60. The van der Waals surface area contributed by atoms with Crippen LogP contribution in [0.1, 0.15) is 30.7 Å². The molecule has 1 unspecified atom stereocenters. The molecule has 1 saturated heterocycles. The fourth-order valence-corrected chi connectivity index (χ4v) is 8.22. The first-order chi connectivity index (χ1) is 20.5. The van der Waals surface area contributed by atoms with Crippen LogP contribution in [-0.2, 0) is 11.0 Å². The minimum Gasteiger partial charge on any atom is -0.477 e. The Morgan fingerprint density at radius 2 is 1.95 bits per heavy atom. The van der Waals surface area contributed by atoms with Crippen LogP contribution in [0.3, 0.4) is 0 Å². The highest BCUT2D eigenvalue weighted by molar-refractivity contribution is 7.71. The largest absolute Gasteiger partial charge is 0.477 e. The summed E-state index contributed by atoms with van der Waals surface area (Å²) in [6.45, 7) is 4.65. The summed E-state index contributed by atoms with van der Waals surface area (Å²) in [5.41, 5.74) is 1.23. The number of alkyl halides is 4. The first-order valence-corrected chi connectivity index (χ1v) is 17.0. The summed E-state index contributed by atoms with van der Waals surface area (Å²) in [7, 11) is -0.722. The molecule has 0 amide bonds. The lowest BCUT2D eigenvalue weighted by Gasteiger charge is -2.33. The first-order valence-electron chi connectivity index (χ1n) is 14.1. The van der Waals surface area contributed by atoms with Crippen molar-refractivity contribution >= 4 is 45.2 Å². The number of likely N-dealkylation sites (tertiary alicyclic amines) is 1. The summed E-state index contributed by atoms with van der Waals surface area (Å²) >= 11 is 1.16. The molecule has 1 aliphatic heterocycles. The van der Waals surface area contributed by atoms with Gasteiger partial charge in [0.2, 0.25) is 0 Å². The van der Waals surface area contributed by atoms with Crippen molar-refractivity contribution in [2.75, 3.05) is 56.2 Å². The molecule has 0 bridgehead atoms. The number of hydrogen-bond acceptors (Lipinski definition) is 7. The van der Waals surface area contributed by atoms with Gasteiger partial charge < -0.3 is 24.8 Å². The van der Waals surface area contributed by atoms with E-state index in [2.05, 4.69) is 22.5 Å². The second-order valence-corrected chi connectivity index (χ2v) is 15.1. The number of nitrogens with zero attached hydrogens (tertiary/aromatic N) is 2. The van der Waals surface area contributed by atoms with Gasteiger partial charge in [-0.2, -0.15) is 18.4 Å². The molecule has 2 N–H and O–H groups in total. The maximum absolute atomic E-state index is 14.7. The van der Waals surface area contributed by atoms with Crippen molar-refractivity contribution in [2.24, 2.45) is 0 Å². The second-order valence-electron chi connectivity index (χ2n) is 10.5. The normalized spacial score (nSPS) is 17.6. The maximum Gasteiger partial charge on any atom is 0.393 e. The molecular weight excluding hydrogens is 599 g/mol. The van der Waals surface area contributed by atoms with Gasteiger partial charge in [-0.1, -0.05) is 37.8 Å². The predicted octanol–water partition coefficient (Wildman–Crippen LogP) is 6.85. The van der Waals surface area contributed by atoms with Crippen molar-refractivity contribution in [2.45, 2.75) is 45.1 Å². The van der Waals surface area contributed by atoms with E-state index < -0.39 is 32.0 Å². The van der Waals surface area contributed by atoms with E-state index in [1.807, 2.05) is 31.9 Å². The summed E-state index contributed by atoms with van der Waals surface area (Å²) in [6.07, 6.45) is -5.08. The summed E-state index contributed by atoms with van der Waals surface area (Å²) in [5, 5.41) is 16.5. The standard InChI is InChI=1S/C31H35F4N4O2PS/c1-4-42(40,5-2)21-11-12-26(28(18-21)41-17-14-36)37-15-7-10-29-23(19-31(33,34)35)22-8-6-9-27(30(22)43-29)38-25-13-16-39(3)20-24(25)32/h6,8-9,11-12,18,24-25,37-38H,4-5,13,15-17,19-20H2,1-3H3/t24-,25?/m0/s1. The fourth-order valence-electron chi connectivity index (χ4n) is 5.17. The number of hydrogen-bond donors (Lipinski definition) is 2. The van der Waals surface area contributed by atoms with Gasteiger partial charge >= 0.3 is 6.18 Å². The summed E-state index contributed by atoms with van der Waals surface area (Å²) in [6, 6.07) is 11.7. The molecule has 3 aromatic rings. The van der Waals surface area contributed by atoms with Crippen LogP contribution in [0.25, 0.3) is 10.1 Å². The smallest absolute Gasteiger partial charge is 0.393 e. The van der Waals surface area contributed by atoms with Crippen LogP contribution in [0.4, 0.5) is 28.9 Å². The molecule has 230 valence electrons. The minimum absolute atomic E-state index is 0.0887. The number of anilines is 2. The number of ether oxygens (including phenoxy) is 1. The Morgan fingerprint density at radius 3 is 2.63 bits per heavy atom. The zero-order valence-corrected chi connectivity index (χ0v) is 26.1. The van der Waals surface area contributed by atoms with Crippen molar-refractivity contribution in [1.29, 1.82) is 5.26 Å². The molecule has 6 nitrogen and oxygen atoms in total. The zero-order chi connectivity index (χ0) is 31.2. The van der Waals surface area contributed by atoms with Gasteiger partial charge in [-0.25, -0.2) is 4.39 Å². The average molecular weight is 635 g/mol. The molecule has 0 spiro atoms. The Bertz CT molecular complexity index is 1580. The van der Waals surface area contributed by atoms with Gasteiger partial charge in [-0.15, -0.1) is 11.3 Å². The number of thiophene rings is 1. The lowest BCUT2D eigenvalue weighted by atomic mass is 10.0. The Morgan fingerprint density at radius 1 is 1.19 bits per heavy atom. The molecule has 12 heteroatoms. The highest BCUT2D eigenvalue weighted by Crippen LogP contribution is 2.45. The summed E-state index contributed by atoms with van der Waals surface area (Å²) in [5.74, 6) is 6.20. The summed E-state index contributed by atoms with van der Waals surface area (Å²) in [4.78, 5) is 2.21. The number of fused-ring (bicyclic) bond motifs is 1. The van der Waals surface area contributed by atoms with Gasteiger partial charge in [-0.05, 0) is 48.7 Å². The number of halogens is 4. The van der Waals surface area contributed by atoms with Crippen LogP contribution in [-0.4, -0.2) is 68.9 Å². The second kappa shape index (κ2) is 14.0. The Balaban J connectivity index is 1.61. The van der Waals surface area contributed by atoms with Crippen molar-refractivity contribution < 1.29 is 26.9 Å². The molecule has 4 rings (SSSR count). The van der Waals surface area contributed by atoms with Crippen LogP contribution in [0.5, 0.6) is 5.75 Å². The van der Waals surface area contributed by atoms with E-state index in [1.165, 1.54) is 0 Å². The Kier molecular flexibility index (Phi) is 10.7. The highest BCUT2D eigenvalue weighted by atomic mass is 32.1. The molecule has 2 atom stereocenters. The van der Waals surface area contributed by atoms with E-state index in [9.17, 15) is 22.1 Å². The number of nitriles is 1. The van der Waals surface area contributed by atoms with Gasteiger partial charge in [0.15, 0.2) is 6.61 Å². The fraction of sp³-hybridized carbons (Fsp3) is 0.452. The SMILES string of the molecule is CCP(=O)(CC)c1ccc(NCC#Cc2sc3c(NC4CCN(C)C[C@@H]4F)cccc3c2CC(F)(F)F)c(OCC#N)c1. The van der Waals surface area contributed by atoms with Crippen molar-refractivity contribution in [3.05, 3.63) is 46.8 Å². The summed E-state index contributed by atoms with van der Waals surface area (Å²) < 4.78 is 75.0. The molecule has 43 heavy (non-hydrogen) atoms. The lowest BCUT2D eigenvalue weighted by molar-refractivity contribution is -0.126. The van der Waals surface area contributed by atoms with Crippen LogP contribution in [0.15, 0.2) is 36.4 Å². The van der Waals surface area contributed by atoms with Crippen LogP contribution >= 0.6 is 18.5 Å². The molecule has 1 fully saturated rings. The average Bonchev–Trinajstić information content (AvgIpc) is 3.31. The number of nitrogens with one attached hydrogen (secondary N) is 2. The monoisotopic (exact) mass is 634 g/mol. The molecule has 2 heterocycles. The number of rotatable bonds is 10. The zero-order valence-electron chi connectivity index (χ0n) is 24.4. The molecule has 0 saturated carbocycles. The van der Waals surface area contributed by atoms with E-state index in [4.69, 9.17) is 10.00 Å². The Labute approximate surface area is 253 Å². The quantitative estimate of drug-likeness (QED) is 0.144. The van der Waals surface area contributed by atoms with Gasteiger partial charge in [-0.3, -0.25) is 0 Å². The van der Waals surface area contributed by atoms with Crippen molar-refractivity contribution in [1.82, 2.24) is 4.90 Å². The van der Waals surface area contributed by atoms with Crippen LogP contribution in [0.2, 0.25) is 0 Å². The number of benzene rings is 2. The van der Waals surface area contributed by atoms with Crippen LogP contribution in [0, 0.1) is 23.2 Å². The lowest BCUT2D eigenvalue weighted by Crippen LogP contribution is -2.46. The predicted molar refractivity (Wildman–Crippen MR) is 167 cm³/mol. The number of piperidine rings is 1. The highest BCUT2D eigenvalue weighted by Gasteiger charge is 2.32. The molecule has 1 aliphatic rings. The van der Waals surface area contributed by atoms with E-state index >= 15 is 0 Å². The van der Waals surface area contributed by atoms with Gasteiger partial charge in [0.05, 0.1) is 40.0 Å². The topological polar surface area (TPSA) is 77.4 Å². The molecule has 0 aliphatic carbocycles. The third-order valence-corrected chi connectivity index (χ3v) is 12.1.